The van der Waals surface area contributed by atoms with Crippen molar-refractivity contribution in [1.29, 1.82) is 5.26 Å². The normalized spacial score (nSPS) is 12.8. The van der Waals surface area contributed by atoms with Crippen LogP contribution in [0.5, 0.6) is 0 Å². The minimum Gasteiger partial charge on any atom is -0.284 e. The van der Waals surface area contributed by atoms with Crippen LogP contribution in [0, 0.1) is 11.3 Å². The molecule has 0 aliphatic carbocycles. The van der Waals surface area contributed by atoms with Gasteiger partial charge in [-0.25, -0.2) is 8.42 Å². The van der Waals surface area contributed by atoms with Crippen LogP contribution in [0.25, 0.3) is 0 Å². The van der Waals surface area contributed by atoms with Crippen molar-refractivity contribution in [2.75, 3.05) is 0 Å². The second-order valence-corrected chi connectivity index (χ2v) is 5.24. The minimum absolute atomic E-state index is 0.00122. The molecule has 18 heavy (non-hydrogen) atoms. The van der Waals surface area contributed by atoms with Gasteiger partial charge in [-0.15, -0.1) is 0 Å². The summed E-state index contributed by atoms with van der Waals surface area (Å²) in [5, 5.41) is 15.0. The van der Waals surface area contributed by atoms with Gasteiger partial charge in [0.1, 0.15) is 10.9 Å². The lowest BCUT2D eigenvalue weighted by Crippen LogP contribution is -2.27. The summed E-state index contributed by atoms with van der Waals surface area (Å²) in [6.07, 6.45) is 2.43. The molecule has 2 aromatic rings. The third kappa shape index (κ3) is 2.56. The molecule has 0 amide bonds. The van der Waals surface area contributed by atoms with E-state index in [1.165, 1.54) is 12.4 Å². The maximum absolute atomic E-state index is 11.9. The SMILES string of the molecule is N#CC(NS(=O)(=O)c1cn[nH]c1)c1ccccc1. The molecule has 0 saturated carbocycles. The van der Waals surface area contributed by atoms with E-state index in [0.29, 0.717) is 5.56 Å². The second-order valence-electron chi connectivity index (χ2n) is 3.53. The van der Waals surface area contributed by atoms with E-state index >= 15 is 0 Å². The topological polar surface area (TPSA) is 98.6 Å². The summed E-state index contributed by atoms with van der Waals surface area (Å²) in [7, 11) is -3.74. The molecule has 92 valence electrons. The van der Waals surface area contributed by atoms with Gasteiger partial charge in [0.25, 0.3) is 0 Å². The molecular formula is C11H10N4O2S. The number of H-pyrrole nitrogens is 1. The second kappa shape index (κ2) is 5.00. The summed E-state index contributed by atoms with van der Waals surface area (Å²) in [6, 6.07) is 9.64. The first-order chi connectivity index (χ1) is 8.63. The van der Waals surface area contributed by atoms with Crippen molar-refractivity contribution >= 4 is 10.0 Å². The van der Waals surface area contributed by atoms with Gasteiger partial charge >= 0.3 is 0 Å². The highest BCUT2D eigenvalue weighted by molar-refractivity contribution is 7.89. The smallest absolute Gasteiger partial charge is 0.245 e. The van der Waals surface area contributed by atoms with Gasteiger partial charge in [-0.1, -0.05) is 30.3 Å². The van der Waals surface area contributed by atoms with Crippen molar-refractivity contribution in [1.82, 2.24) is 14.9 Å². The first-order valence-corrected chi connectivity index (χ1v) is 6.57. The predicted octanol–water partition coefficient (Wildman–Crippen LogP) is 0.953. The number of nitriles is 1. The molecule has 0 aliphatic heterocycles. The molecule has 0 aliphatic rings. The molecule has 2 N–H and O–H groups in total. The Morgan fingerprint density at radius 2 is 2.06 bits per heavy atom. The number of nitrogens with zero attached hydrogens (tertiary/aromatic N) is 2. The molecule has 0 radical (unpaired) electrons. The van der Waals surface area contributed by atoms with E-state index < -0.39 is 16.1 Å². The molecule has 1 atom stereocenters. The van der Waals surface area contributed by atoms with Crippen LogP contribution in [-0.2, 0) is 10.0 Å². The molecule has 1 aromatic carbocycles. The molecule has 7 heteroatoms. The van der Waals surface area contributed by atoms with E-state index in [2.05, 4.69) is 14.9 Å². The third-order valence-corrected chi connectivity index (χ3v) is 3.71. The summed E-state index contributed by atoms with van der Waals surface area (Å²) < 4.78 is 26.1. The summed E-state index contributed by atoms with van der Waals surface area (Å²) >= 11 is 0. The number of aromatic nitrogens is 2. The number of nitrogens with one attached hydrogen (secondary N) is 2. The van der Waals surface area contributed by atoms with Gasteiger partial charge in [0.05, 0.1) is 12.3 Å². The molecule has 0 spiro atoms. The Morgan fingerprint density at radius 3 is 2.61 bits per heavy atom. The molecule has 1 unspecified atom stereocenters. The van der Waals surface area contributed by atoms with E-state index in [1.54, 1.807) is 30.3 Å². The number of sulfonamides is 1. The fourth-order valence-corrected chi connectivity index (χ4v) is 2.46. The summed E-state index contributed by atoms with van der Waals surface area (Å²) in [4.78, 5) is -0.00122. The first-order valence-electron chi connectivity index (χ1n) is 5.09. The van der Waals surface area contributed by atoms with Gasteiger partial charge in [-0.2, -0.15) is 15.1 Å². The van der Waals surface area contributed by atoms with Crippen molar-refractivity contribution in [3.8, 4) is 6.07 Å². The maximum Gasteiger partial charge on any atom is 0.245 e. The Morgan fingerprint density at radius 1 is 1.33 bits per heavy atom. The zero-order chi connectivity index (χ0) is 13.0. The molecule has 2 rings (SSSR count). The lowest BCUT2D eigenvalue weighted by Gasteiger charge is -2.11. The summed E-state index contributed by atoms with van der Waals surface area (Å²) in [5.74, 6) is 0. The molecule has 0 fully saturated rings. The number of benzene rings is 1. The van der Waals surface area contributed by atoms with Crippen LogP contribution in [0.2, 0.25) is 0 Å². The number of hydrogen-bond acceptors (Lipinski definition) is 4. The van der Waals surface area contributed by atoms with Crippen LogP contribution in [0.4, 0.5) is 0 Å². The number of aromatic amines is 1. The zero-order valence-electron chi connectivity index (χ0n) is 9.24. The summed E-state index contributed by atoms with van der Waals surface area (Å²) in [6.45, 7) is 0. The monoisotopic (exact) mass is 262 g/mol. The van der Waals surface area contributed by atoms with Crippen molar-refractivity contribution in [3.63, 3.8) is 0 Å². The minimum atomic E-state index is -3.74. The Kier molecular flexibility index (Phi) is 3.41. The Balaban J connectivity index is 2.26. The largest absolute Gasteiger partial charge is 0.284 e. The fourth-order valence-electron chi connectivity index (χ4n) is 1.42. The van der Waals surface area contributed by atoms with Crippen LogP contribution in [0.3, 0.4) is 0 Å². The van der Waals surface area contributed by atoms with E-state index in [9.17, 15) is 8.42 Å². The van der Waals surface area contributed by atoms with Gasteiger partial charge in [-0.3, -0.25) is 5.10 Å². The van der Waals surface area contributed by atoms with Gasteiger partial charge in [0, 0.05) is 6.20 Å². The number of hydrogen-bond donors (Lipinski definition) is 2. The van der Waals surface area contributed by atoms with Crippen LogP contribution < -0.4 is 4.72 Å². The average molecular weight is 262 g/mol. The van der Waals surface area contributed by atoms with Crippen LogP contribution in [-0.4, -0.2) is 18.6 Å². The average Bonchev–Trinajstić information content (AvgIpc) is 2.92. The number of rotatable bonds is 4. The highest BCUT2D eigenvalue weighted by atomic mass is 32.2. The standard InChI is InChI=1S/C11H10N4O2S/c12-6-11(9-4-2-1-3-5-9)15-18(16,17)10-7-13-14-8-10/h1-5,7-8,11,15H,(H,13,14). The highest BCUT2D eigenvalue weighted by Crippen LogP contribution is 2.15. The van der Waals surface area contributed by atoms with Gasteiger partial charge in [-0.05, 0) is 5.56 Å². The Labute approximate surface area is 104 Å². The van der Waals surface area contributed by atoms with Crippen LogP contribution in [0.1, 0.15) is 11.6 Å². The molecular weight excluding hydrogens is 252 g/mol. The van der Waals surface area contributed by atoms with Gasteiger partial charge < -0.3 is 0 Å². The summed E-state index contributed by atoms with van der Waals surface area (Å²) in [5.41, 5.74) is 0.590. The predicted molar refractivity (Wildman–Crippen MR) is 63.7 cm³/mol. The quantitative estimate of drug-likeness (QED) is 0.857. The molecule has 1 heterocycles. The van der Waals surface area contributed by atoms with Crippen molar-refractivity contribution in [2.45, 2.75) is 10.9 Å². The first kappa shape index (κ1) is 12.3. The maximum atomic E-state index is 11.9. The van der Waals surface area contributed by atoms with Crippen LogP contribution >= 0.6 is 0 Å². The van der Waals surface area contributed by atoms with E-state index in [0.717, 1.165) is 0 Å². The fraction of sp³-hybridized carbons (Fsp3) is 0.0909. The zero-order valence-corrected chi connectivity index (χ0v) is 10.1. The van der Waals surface area contributed by atoms with Crippen molar-refractivity contribution in [3.05, 3.63) is 48.3 Å². The molecule has 1 aromatic heterocycles. The highest BCUT2D eigenvalue weighted by Gasteiger charge is 2.21. The van der Waals surface area contributed by atoms with Gasteiger partial charge in [0.15, 0.2) is 0 Å². The van der Waals surface area contributed by atoms with Crippen LogP contribution in [0.15, 0.2) is 47.6 Å². The third-order valence-electron chi connectivity index (χ3n) is 2.32. The Bertz CT molecular complexity index is 644. The van der Waals surface area contributed by atoms with Crippen molar-refractivity contribution < 1.29 is 8.42 Å². The molecule has 6 nitrogen and oxygen atoms in total. The van der Waals surface area contributed by atoms with E-state index in [-0.39, 0.29) is 4.90 Å². The lowest BCUT2D eigenvalue weighted by molar-refractivity contribution is 0.575. The van der Waals surface area contributed by atoms with E-state index in [1.807, 2.05) is 6.07 Å². The van der Waals surface area contributed by atoms with Gasteiger partial charge in [0.2, 0.25) is 10.0 Å². The molecule has 0 bridgehead atoms. The Hall–Kier alpha value is -2.17. The van der Waals surface area contributed by atoms with E-state index in [4.69, 9.17) is 5.26 Å². The van der Waals surface area contributed by atoms with Crippen molar-refractivity contribution in [2.24, 2.45) is 0 Å². The molecule has 0 saturated heterocycles. The lowest BCUT2D eigenvalue weighted by atomic mass is 10.1.